The van der Waals surface area contributed by atoms with Gasteiger partial charge in [0.2, 0.25) is 0 Å². The molecule has 10 nitrogen and oxygen atoms in total. The Balaban J connectivity index is 1.96. The summed E-state index contributed by atoms with van der Waals surface area (Å²) >= 11 is 0. The van der Waals surface area contributed by atoms with Gasteiger partial charge < -0.3 is 10.6 Å². The molecule has 2 aliphatic rings. The summed E-state index contributed by atoms with van der Waals surface area (Å²) in [6.45, 7) is 11.8. The van der Waals surface area contributed by atoms with Crippen molar-refractivity contribution >= 4 is 12.1 Å². The second-order valence-electron chi connectivity index (χ2n) is 11.1. The summed E-state index contributed by atoms with van der Waals surface area (Å²) in [6.07, 6.45) is 9.01. The fraction of sp³-hybridized carbons (Fsp3) is 0.909. The Morgan fingerprint density at radius 2 is 0.906 bits per heavy atom. The summed E-state index contributed by atoms with van der Waals surface area (Å²) in [4.78, 5) is 25.1. The third-order valence-electron chi connectivity index (χ3n) is 5.43. The fourth-order valence-electron chi connectivity index (χ4n) is 3.86. The molecule has 0 aromatic heterocycles. The molecule has 32 heavy (non-hydrogen) atoms. The van der Waals surface area contributed by atoms with Crippen LogP contribution in [0.15, 0.2) is 20.5 Å². The first-order valence-corrected chi connectivity index (χ1v) is 11.9. The Hall–Kier alpha value is -2.26. The Morgan fingerprint density at radius 1 is 0.594 bits per heavy atom. The van der Waals surface area contributed by atoms with E-state index in [1.54, 1.807) is 0 Å². The SMILES string of the molecule is CC(C)(C)N=NC1(NC(=O)NNC(=O)NC2(N=NC(C)(C)C)CCCCC2)CCCCC1. The molecule has 4 amide bonds. The highest BCUT2D eigenvalue weighted by Gasteiger charge is 2.36. The standard InChI is InChI=1S/C22H42N8O2/c1-19(2,3)27-29-21(13-9-7-10-14-21)23-17(31)25-26-18(32)24-22(15-11-8-12-16-22)30-28-20(4,5)6/h7-16H2,1-6H3,(H2,23,25,31)(H2,24,26,32). The number of carbonyl (C=O) groups is 2. The number of urea groups is 2. The van der Waals surface area contributed by atoms with Crippen LogP contribution in [-0.2, 0) is 0 Å². The van der Waals surface area contributed by atoms with Crippen LogP contribution in [0.5, 0.6) is 0 Å². The first-order valence-electron chi connectivity index (χ1n) is 11.9. The normalized spacial score (nSPS) is 21.3. The van der Waals surface area contributed by atoms with Crippen molar-refractivity contribution in [2.24, 2.45) is 20.5 Å². The number of amides is 4. The van der Waals surface area contributed by atoms with Gasteiger partial charge in [-0.15, -0.1) is 0 Å². The number of nitrogens with one attached hydrogen (secondary N) is 4. The van der Waals surface area contributed by atoms with Gasteiger partial charge in [0.25, 0.3) is 0 Å². The van der Waals surface area contributed by atoms with Gasteiger partial charge in [0.15, 0.2) is 11.3 Å². The molecule has 2 fully saturated rings. The van der Waals surface area contributed by atoms with Gasteiger partial charge in [-0.3, -0.25) is 0 Å². The second-order valence-corrected chi connectivity index (χ2v) is 11.1. The lowest BCUT2D eigenvalue weighted by Crippen LogP contribution is -2.59. The number of nitrogens with zero attached hydrogens (tertiary/aromatic N) is 4. The summed E-state index contributed by atoms with van der Waals surface area (Å²) in [5.74, 6) is 0. The van der Waals surface area contributed by atoms with E-state index in [9.17, 15) is 9.59 Å². The van der Waals surface area contributed by atoms with Crippen molar-refractivity contribution in [3.05, 3.63) is 0 Å². The van der Waals surface area contributed by atoms with Crippen molar-refractivity contribution in [3.63, 3.8) is 0 Å². The van der Waals surface area contributed by atoms with Gasteiger partial charge >= 0.3 is 12.1 Å². The first-order chi connectivity index (χ1) is 14.8. The third-order valence-corrected chi connectivity index (χ3v) is 5.43. The predicted octanol–water partition coefficient (Wildman–Crippen LogP) is 5.32. The summed E-state index contributed by atoms with van der Waals surface area (Å²) in [7, 11) is 0. The van der Waals surface area contributed by atoms with E-state index in [1.165, 1.54) is 0 Å². The van der Waals surface area contributed by atoms with Gasteiger partial charge in [-0.25, -0.2) is 20.4 Å². The summed E-state index contributed by atoms with van der Waals surface area (Å²) in [6, 6.07) is -1.02. The minimum absolute atomic E-state index is 0.323. The number of hydrogen-bond acceptors (Lipinski definition) is 6. The highest BCUT2D eigenvalue weighted by molar-refractivity contribution is 5.80. The van der Waals surface area contributed by atoms with Gasteiger partial charge in [-0.2, -0.15) is 20.5 Å². The van der Waals surface area contributed by atoms with Crippen molar-refractivity contribution in [1.29, 1.82) is 0 Å². The number of rotatable bonds is 4. The van der Waals surface area contributed by atoms with Crippen molar-refractivity contribution in [3.8, 4) is 0 Å². The Labute approximate surface area is 192 Å². The highest BCUT2D eigenvalue weighted by Crippen LogP contribution is 2.31. The molecule has 4 N–H and O–H groups in total. The van der Waals surface area contributed by atoms with Crippen LogP contribution < -0.4 is 21.5 Å². The zero-order valence-corrected chi connectivity index (χ0v) is 20.7. The Kier molecular flexibility index (Phi) is 8.59. The lowest BCUT2D eigenvalue weighted by molar-refractivity contribution is 0.185. The molecule has 0 unspecified atom stereocenters. The van der Waals surface area contributed by atoms with Crippen molar-refractivity contribution < 1.29 is 9.59 Å². The molecule has 2 rings (SSSR count). The molecule has 2 aliphatic carbocycles. The van der Waals surface area contributed by atoms with Crippen LogP contribution in [0.1, 0.15) is 106 Å². The molecular formula is C22H42N8O2. The van der Waals surface area contributed by atoms with E-state index < -0.39 is 23.4 Å². The second kappa shape index (κ2) is 10.6. The smallest absolute Gasteiger partial charge is 0.311 e. The Bertz CT molecular complexity index is 634. The fourth-order valence-corrected chi connectivity index (χ4v) is 3.86. The van der Waals surface area contributed by atoms with Gasteiger partial charge in [0.1, 0.15) is 0 Å². The van der Waals surface area contributed by atoms with Gasteiger partial charge in [0, 0.05) is 0 Å². The molecule has 0 saturated heterocycles. The first kappa shape index (κ1) is 26.0. The van der Waals surface area contributed by atoms with Crippen LogP contribution in [0, 0.1) is 0 Å². The highest BCUT2D eigenvalue weighted by atomic mass is 16.2. The van der Waals surface area contributed by atoms with E-state index in [4.69, 9.17) is 0 Å². The summed E-state index contributed by atoms with van der Waals surface area (Å²) < 4.78 is 0. The molecule has 0 spiro atoms. The maximum atomic E-state index is 12.6. The van der Waals surface area contributed by atoms with E-state index in [2.05, 4.69) is 41.9 Å². The minimum Gasteiger partial charge on any atom is -0.311 e. The molecule has 0 radical (unpaired) electrons. The number of hydrazine groups is 1. The molecule has 2 saturated carbocycles. The maximum absolute atomic E-state index is 12.6. The van der Waals surface area contributed by atoms with E-state index in [-0.39, 0.29) is 11.1 Å². The zero-order chi connectivity index (χ0) is 23.9. The van der Waals surface area contributed by atoms with Crippen LogP contribution in [0.25, 0.3) is 0 Å². The number of azo groups is 2. The third kappa shape index (κ3) is 9.08. The van der Waals surface area contributed by atoms with Crippen LogP contribution in [0.4, 0.5) is 9.59 Å². The molecule has 0 bridgehead atoms. The van der Waals surface area contributed by atoms with Crippen LogP contribution in [-0.4, -0.2) is 34.5 Å². The van der Waals surface area contributed by atoms with Crippen LogP contribution >= 0.6 is 0 Å². The molecule has 0 atom stereocenters. The number of carbonyl (C=O) groups excluding carboxylic acids is 2. The van der Waals surface area contributed by atoms with E-state index in [1.807, 2.05) is 41.5 Å². The minimum atomic E-state index is -0.737. The lowest BCUT2D eigenvalue weighted by Gasteiger charge is -2.35. The largest absolute Gasteiger partial charge is 0.335 e. The average molecular weight is 451 g/mol. The van der Waals surface area contributed by atoms with Crippen molar-refractivity contribution in [2.45, 2.75) is 128 Å². The van der Waals surface area contributed by atoms with Crippen LogP contribution in [0.3, 0.4) is 0 Å². The molecule has 0 aromatic rings. The molecular weight excluding hydrogens is 408 g/mol. The van der Waals surface area contributed by atoms with Gasteiger partial charge in [-0.05, 0) is 92.9 Å². The van der Waals surface area contributed by atoms with Crippen LogP contribution in [0.2, 0.25) is 0 Å². The lowest BCUT2D eigenvalue weighted by atomic mass is 9.89. The number of hydrogen-bond donors (Lipinski definition) is 4. The monoisotopic (exact) mass is 450 g/mol. The zero-order valence-electron chi connectivity index (χ0n) is 20.7. The van der Waals surface area contributed by atoms with Gasteiger partial charge in [0.05, 0.1) is 11.1 Å². The molecule has 0 heterocycles. The topological polar surface area (TPSA) is 132 Å². The van der Waals surface area contributed by atoms with E-state index >= 15 is 0 Å². The van der Waals surface area contributed by atoms with E-state index in [0.29, 0.717) is 0 Å². The molecule has 0 aromatic carbocycles. The molecule has 182 valence electrons. The molecule has 0 aliphatic heterocycles. The Morgan fingerprint density at radius 3 is 1.19 bits per heavy atom. The van der Waals surface area contributed by atoms with Crippen molar-refractivity contribution in [1.82, 2.24) is 21.5 Å². The maximum Gasteiger partial charge on any atom is 0.335 e. The average Bonchev–Trinajstić information content (AvgIpc) is 2.70. The predicted molar refractivity (Wildman–Crippen MR) is 124 cm³/mol. The summed E-state index contributed by atoms with van der Waals surface area (Å²) in [5, 5.41) is 23.6. The van der Waals surface area contributed by atoms with Gasteiger partial charge in [-0.1, -0.05) is 12.8 Å². The summed E-state index contributed by atoms with van der Waals surface area (Å²) in [5.41, 5.74) is 2.77. The van der Waals surface area contributed by atoms with Crippen molar-refractivity contribution in [2.75, 3.05) is 0 Å². The van der Waals surface area contributed by atoms with E-state index in [0.717, 1.165) is 64.2 Å². The quantitative estimate of drug-likeness (QED) is 0.341. The molecule has 10 heteroatoms.